The molecule has 0 fully saturated rings. The molecule has 0 atom stereocenters. The van der Waals surface area contributed by atoms with Crippen LogP contribution in [-0.4, -0.2) is 9.97 Å². The Morgan fingerprint density at radius 3 is 2.44 bits per heavy atom. The fourth-order valence-electron chi connectivity index (χ4n) is 1.65. The molecule has 2 rings (SSSR count). The van der Waals surface area contributed by atoms with Crippen LogP contribution in [0.25, 0.3) is 17.1 Å². The Hall–Kier alpha value is -1.91. The number of hydrogen-bond acceptors (Lipinski definition) is 2. The van der Waals surface area contributed by atoms with Gasteiger partial charge in [-0.1, -0.05) is 6.08 Å². The molecule has 0 radical (unpaired) electrons. The number of alkyl halides is 3. The Bertz CT molecular complexity index is 615. The Labute approximate surface area is 102 Å². The Kier molecular flexibility index (Phi) is 3.07. The van der Waals surface area contributed by atoms with E-state index in [9.17, 15) is 13.2 Å². The molecular formula is C13H11F3N2. The molecule has 18 heavy (non-hydrogen) atoms. The number of rotatable bonds is 1. The average Bonchev–Trinajstić information content (AvgIpc) is 2.28. The molecule has 0 aliphatic heterocycles. The lowest BCUT2D eigenvalue weighted by Crippen LogP contribution is -2.05. The number of fused-ring (bicyclic) bond motifs is 1. The van der Waals surface area contributed by atoms with Gasteiger partial charge in [0.2, 0.25) is 0 Å². The highest BCUT2D eigenvalue weighted by Crippen LogP contribution is 2.30. The quantitative estimate of drug-likeness (QED) is 0.766. The summed E-state index contributed by atoms with van der Waals surface area (Å²) in [5.41, 5.74) is 1.30. The Morgan fingerprint density at radius 1 is 1.11 bits per heavy atom. The molecule has 1 heterocycles. The first-order valence-corrected chi connectivity index (χ1v) is 5.40. The van der Waals surface area contributed by atoms with Crippen LogP contribution in [0.1, 0.15) is 23.9 Å². The van der Waals surface area contributed by atoms with Gasteiger partial charge in [0, 0.05) is 0 Å². The van der Waals surface area contributed by atoms with Crippen molar-refractivity contribution in [3.63, 3.8) is 0 Å². The van der Waals surface area contributed by atoms with Crippen molar-refractivity contribution in [2.24, 2.45) is 0 Å². The van der Waals surface area contributed by atoms with Crippen LogP contribution < -0.4 is 0 Å². The second-order valence-corrected chi connectivity index (χ2v) is 3.90. The van der Waals surface area contributed by atoms with E-state index >= 15 is 0 Å². The van der Waals surface area contributed by atoms with Crippen LogP contribution in [-0.2, 0) is 6.18 Å². The van der Waals surface area contributed by atoms with E-state index in [1.807, 2.05) is 13.0 Å². The van der Waals surface area contributed by atoms with E-state index in [0.29, 0.717) is 16.9 Å². The van der Waals surface area contributed by atoms with Crippen LogP contribution in [0.3, 0.4) is 0 Å². The van der Waals surface area contributed by atoms with Crippen molar-refractivity contribution < 1.29 is 13.2 Å². The van der Waals surface area contributed by atoms with Crippen LogP contribution >= 0.6 is 0 Å². The molecule has 94 valence electrons. The van der Waals surface area contributed by atoms with Gasteiger partial charge in [-0.2, -0.15) is 13.2 Å². The fraction of sp³-hybridized carbons (Fsp3) is 0.231. The normalized spacial score (nSPS) is 12.5. The molecule has 0 N–H and O–H groups in total. The average molecular weight is 252 g/mol. The SMILES string of the molecule is C/C=C/c1nc2ccc(C(F)(F)F)cc2nc1C. The molecule has 5 heteroatoms. The summed E-state index contributed by atoms with van der Waals surface area (Å²) >= 11 is 0. The van der Waals surface area contributed by atoms with Crippen molar-refractivity contribution in [2.45, 2.75) is 20.0 Å². The van der Waals surface area contributed by atoms with Crippen molar-refractivity contribution in [3.05, 3.63) is 41.2 Å². The van der Waals surface area contributed by atoms with Crippen molar-refractivity contribution >= 4 is 17.1 Å². The standard InChI is InChI=1S/C13H11F3N2/c1-3-4-10-8(2)17-12-7-9(13(14,15)16)5-6-11(12)18-10/h3-7H,1-2H3/b4-3+. The minimum Gasteiger partial charge on any atom is -0.249 e. The smallest absolute Gasteiger partial charge is 0.249 e. The largest absolute Gasteiger partial charge is 0.416 e. The molecular weight excluding hydrogens is 241 g/mol. The third-order valence-corrected chi connectivity index (χ3v) is 2.53. The summed E-state index contributed by atoms with van der Waals surface area (Å²) in [6, 6.07) is 3.39. The Morgan fingerprint density at radius 2 is 1.83 bits per heavy atom. The third kappa shape index (κ3) is 2.34. The highest BCUT2D eigenvalue weighted by molar-refractivity contribution is 5.76. The lowest BCUT2D eigenvalue weighted by atomic mass is 10.1. The highest BCUT2D eigenvalue weighted by atomic mass is 19.4. The molecule has 1 aromatic heterocycles. The Balaban J connectivity index is 2.63. The van der Waals surface area contributed by atoms with Crippen LogP contribution in [0.5, 0.6) is 0 Å². The van der Waals surface area contributed by atoms with Crippen LogP contribution in [0.2, 0.25) is 0 Å². The summed E-state index contributed by atoms with van der Waals surface area (Å²) < 4.78 is 37.7. The molecule has 0 amide bonds. The summed E-state index contributed by atoms with van der Waals surface area (Å²) in [5.74, 6) is 0. The first-order chi connectivity index (χ1) is 8.41. The third-order valence-electron chi connectivity index (χ3n) is 2.53. The van der Waals surface area contributed by atoms with E-state index in [1.165, 1.54) is 6.07 Å². The molecule has 1 aromatic carbocycles. The van der Waals surface area contributed by atoms with Gasteiger partial charge in [0.25, 0.3) is 0 Å². The van der Waals surface area contributed by atoms with Gasteiger partial charge in [-0.3, -0.25) is 0 Å². The van der Waals surface area contributed by atoms with E-state index < -0.39 is 11.7 Å². The number of halogens is 3. The topological polar surface area (TPSA) is 25.8 Å². The van der Waals surface area contributed by atoms with E-state index in [0.717, 1.165) is 12.1 Å². The molecule has 0 bridgehead atoms. The zero-order valence-electron chi connectivity index (χ0n) is 9.92. The molecule has 0 aliphatic rings. The lowest BCUT2D eigenvalue weighted by Gasteiger charge is -2.08. The van der Waals surface area contributed by atoms with E-state index in [2.05, 4.69) is 9.97 Å². The van der Waals surface area contributed by atoms with E-state index in [4.69, 9.17) is 0 Å². The first-order valence-electron chi connectivity index (χ1n) is 5.40. The molecule has 0 unspecified atom stereocenters. The maximum absolute atomic E-state index is 12.6. The van der Waals surface area contributed by atoms with Gasteiger partial charge < -0.3 is 0 Å². The van der Waals surface area contributed by atoms with Crippen LogP contribution in [0.15, 0.2) is 24.3 Å². The number of aromatic nitrogens is 2. The number of benzene rings is 1. The van der Waals surface area contributed by atoms with Gasteiger partial charge in [-0.25, -0.2) is 9.97 Å². The zero-order chi connectivity index (χ0) is 13.3. The number of aryl methyl sites for hydroxylation is 1. The second-order valence-electron chi connectivity index (χ2n) is 3.90. The van der Waals surface area contributed by atoms with Gasteiger partial charge in [0.1, 0.15) is 0 Å². The number of hydrogen-bond donors (Lipinski definition) is 0. The lowest BCUT2D eigenvalue weighted by molar-refractivity contribution is -0.137. The van der Waals surface area contributed by atoms with Crippen LogP contribution in [0, 0.1) is 6.92 Å². The summed E-state index contributed by atoms with van der Waals surface area (Å²) in [5, 5.41) is 0. The van der Waals surface area contributed by atoms with Crippen molar-refractivity contribution in [1.29, 1.82) is 0 Å². The maximum atomic E-state index is 12.6. The van der Waals surface area contributed by atoms with E-state index in [1.54, 1.807) is 13.0 Å². The summed E-state index contributed by atoms with van der Waals surface area (Å²) in [6.07, 6.45) is -0.766. The zero-order valence-corrected chi connectivity index (χ0v) is 9.92. The first kappa shape index (κ1) is 12.5. The van der Waals surface area contributed by atoms with Crippen molar-refractivity contribution in [3.8, 4) is 0 Å². The van der Waals surface area contributed by atoms with Gasteiger partial charge >= 0.3 is 6.18 Å². The minimum absolute atomic E-state index is 0.260. The van der Waals surface area contributed by atoms with Crippen LogP contribution in [0.4, 0.5) is 13.2 Å². The van der Waals surface area contributed by atoms with Gasteiger partial charge in [-0.15, -0.1) is 0 Å². The van der Waals surface area contributed by atoms with Gasteiger partial charge in [0.15, 0.2) is 0 Å². The summed E-state index contributed by atoms with van der Waals surface area (Å²) in [6.45, 7) is 3.57. The van der Waals surface area contributed by atoms with Crippen molar-refractivity contribution in [2.75, 3.05) is 0 Å². The van der Waals surface area contributed by atoms with Crippen molar-refractivity contribution in [1.82, 2.24) is 9.97 Å². The highest BCUT2D eigenvalue weighted by Gasteiger charge is 2.30. The molecule has 0 saturated heterocycles. The van der Waals surface area contributed by atoms with Gasteiger partial charge in [-0.05, 0) is 38.1 Å². The molecule has 0 saturated carbocycles. The molecule has 0 spiro atoms. The van der Waals surface area contributed by atoms with E-state index in [-0.39, 0.29) is 5.52 Å². The predicted octanol–water partition coefficient (Wildman–Crippen LogP) is 3.99. The van der Waals surface area contributed by atoms with Gasteiger partial charge in [0.05, 0.1) is 28.0 Å². The fourth-order valence-corrected chi connectivity index (χ4v) is 1.65. The minimum atomic E-state index is -4.36. The maximum Gasteiger partial charge on any atom is 0.416 e. The summed E-state index contributed by atoms with van der Waals surface area (Å²) in [4.78, 5) is 8.43. The molecule has 2 nitrogen and oxygen atoms in total. The molecule has 0 aliphatic carbocycles. The second kappa shape index (κ2) is 4.40. The molecule has 2 aromatic rings. The number of nitrogens with zero attached hydrogens (tertiary/aromatic N) is 2. The predicted molar refractivity (Wildman–Crippen MR) is 64.0 cm³/mol. The summed E-state index contributed by atoms with van der Waals surface area (Å²) in [7, 11) is 0. The number of allylic oxidation sites excluding steroid dienone is 1. The monoisotopic (exact) mass is 252 g/mol.